The minimum Gasteiger partial charge on any atom is -0.349 e. The highest BCUT2D eigenvalue weighted by Crippen LogP contribution is 2.76. The fourth-order valence-corrected chi connectivity index (χ4v) is 5.28. The van der Waals surface area contributed by atoms with Gasteiger partial charge in [0.2, 0.25) is 0 Å². The van der Waals surface area contributed by atoms with Crippen LogP contribution in [0.3, 0.4) is 0 Å². The van der Waals surface area contributed by atoms with Crippen LogP contribution in [-0.2, 0) is 15.3 Å². The zero-order valence-electron chi connectivity index (χ0n) is 12.1. The quantitative estimate of drug-likeness (QED) is 0.672. The highest BCUT2D eigenvalue weighted by molar-refractivity contribution is 8.03. The maximum Gasteiger partial charge on any atom is 0.147 e. The summed E-state index contributed by atoms with van der Waals surface area (Å²) < 4.78 is 6.81. The summed E-state index contributed by atoms with van der Waals surface area (Å²) in [6.07, 6.45) is 0. The van der Waals surface area contributed by atoms with E-state index in [0.29, 0.717) is 0 Å². The summed E-state index contributed by atoms with van der Waals surface area (Å²) in [5.74, 6) is 0. The second kappa shape index (κ2) is 3.16. The minimum absolute atomic E-state index is 0.133. The van der Waals surface area contributed by atoms with Gasteiger partial charge in [-0.2, -0.15) is 0 Å². The zero-order valence-corrected chi connectivity index (χ0v) is 12.9. The van der Waals surface area contributed by atoms with E-state index >= 15 is 0 Å². The Kier molecular flexibility index (Phi) is 2.20. The lowest BCUT2D eigenvalue weighted by Crippen LogP contribution is -2.62. The third kappa shape index (κ3) is 1.19. The summed E-state index contributed by atoms with van der Waals surface area (Å²) in [6.45, 7) is 13.7. The molecule has 0 radical (unpaired) electrons. The van der Waals surface area contributed by atoms with Crippen molar-refractivity contribution in [3.63, 3.8) is 0 Å². The van der Waals surface area contributed by atoms with Crippen LogP contribution in [0.2, 0.25) is 0 Å². The molecular formula is C16H22OS. The molecule has 1 fully saturated rings. The van der Waals surface area contributed by atoms with E-state index in [0.717, 1.165) is 0 Å². The van der Waals surface area contributed by atoms with Gasteiger partial charge in [0.25, 0.3) is 0 Å². The highest BCUT2D eigenvalue weighted by Gasteiger charge is 2.71. The zero-order chi connectivity index (χ0) is 13.4. The van der Waals surface area contributed by atoms with Gasteiger partial charge in [-0.05, 0) is 33.3 Å². The van der Waals surface area contributed by atoms with E-state index < -0.39 is 0 Å². The summed E-state index contributed by atoms with van der Waals surface area (Å²) >= 11 is 1.97. The first-order valence-corrected chi connectivity index (χ1v) is 7.46. The summed E-state index contributed by atoms with van der Waals surface area (Å²) in [5, 5.41) is 0. The lowest BCUT2D eigenvalue weighted by atomic mass is 9.70. The Morgan fingerprint density at radius 2 is 1.44 bits per heavy atom. The van der Waals surface area contributed by atoms with Crippen molar-refractivity contribution in [2.24, 2.45) is 5.41 Å². The molecule has 1 aromatic carbocycles. The minimum atomic E-state index is -0.183. The molecule has 2 heteroatoms. The molecule has 1 unspecified atom stereocenters. The standard InChI is InChI=1S/C16H22OS/c1-13(2)11-9-7-8-10-12(11)16(17-13)14(3,4)15(5,6)18-16/h7-10H,1-6H3. The van der Waals surface area contributed by atoms with E-state index in [-0.39, 0.29) is 20.7 Å². The fraction of sp³-hybridized carbons (Fsp3) is 0.625. The van der Waals surface area contributed by atoms with Crippen molar-refractivity contribution < 1.29 is 4.74 Å². The number of thioether (sulfide) groups is 1. The van der Waals surface area contributed by atoms with Crippen LogP contribution in [0.5, 0.6) is 0 Å². The molecule has 1 nitrogen and oxygen atoms in total. The van der Waals surface area contributed by atoms with Crippen LogP contribution in [0.25, 0.3) is 0 Å². The average Bonchev–Trinajstić information content (AvgIpc) is 2.50. The van der Waals surface area contributed by atoms with Gasteiger partial charge < -0.3 is 4.74 Å². The van der Waals surface area contributed by atoms with E-state index in [9.17, 15) is 0 Å². The van der Waals surface area contributed by atoms with Crippen molar-refractivity contribution >= 4 is 11.8 Å². The Morgan fingerprint density at radius 3 is 1.94 bits per heavy atom. The van der Waals surface area contributed by atoms with Gasteiger partial charge in [0.1, 0.15) is 4.93 Å². The summed E-state index contributed by atoms with van der Waals surface area (Å²) in [4.78, 5) is -0.170. The molecule has 0 amide bonds. The molecule has 0 aliphatic carbocycles. The van der Waals surface area contributed by atoms with Crippen molar-refractivity contribution in [2.45, 2.75) is 56.8 Å². The predicted octanol–water partition coefficient (Wildman–Crippen LogP) is 4.66. The summed E-state index contributed by atoms with van der Waals surface area (Å²) in [6, 6.07) is 8.71. The number of ether oxygens (including phenoxy) is 1. The van der Waals surface area contributed by atoms with Gasteiger partial charge in [0.05, 0.1) is 5.60 Å². The van der Waals surface area contributed by atoms with E-state index in [4.69, 9.17) is 4.74 Å². The number of hydrogen-bond donors (Lipinski definition) is 0. The highest BCUT2D eigenvalue weighted by atomic mass is 32.2. The van der Waals surface area contributed by atoms with Gasteiger partial charge in [-0.25, -0.2) is 0 Å². The van der Waals surface area contributed by atoms with Crippen LogP contribution in [0, 0.1) is 5.41 Å². The Balaban J connectivity index is 2.19. The van der Waals surface area contributed by atoms with E-state index in [1.165, 1.54) is 11.1 Å². The summed E-state index contributed by atoms with van der Waals surface area (Å²) in [5.41, 5.74) is 2.68. The molecule has 1 spiro atoms. The molecule has 2 heterocycles. The Bertz CT molecular complexity index is 516. The molecule has 3 rings (SSSR count). The Morgan fingerprint density at radius 1 is 0.889 bits per heavy atom. The van der Waals surface area contributed by atoms with Crippen LogP contribution >= 0.6 is 11.8 Å². The van der Waals surface area contributed by atoms with Crippen LogP contribution < -0.4 is 0 Å². The van der Waals surface area contributed by atoms with Gasteiger partial charge in [-0.3, -0.25) is 0 Å². The van der Waals surface area contributed by atoms with Crippen molar-refractivity contribution in [1.82, 2.24) is 0 Å². The van der Waals surface area contributed by atoms with Crippen molar-refractivity contribution in [3.05, 3.63) is 35.4 Å². The van der Waals surface area contributed by atoms with E-state index in [2.05, 4.69) is 65.8 Å². The Hall–Kier alpha value is -0.470. The topological polar surface area (TPSA) is 9.23 Å². The number of benzene rings is 1. The van der Waals surface area contributed by atoms with Crippen LogP contribution in [0.15, 0.2) is 24.3 Å². The van der Waals surface area contributed by atoms with Crippen LogP contribution in [0.4, 0.5) is 0 Å². The largest absolute Gasteiger partial charge is 0.349 e. The average molecular weight is 262 g/mol. The van der Waals surface area contributed by atoms with E-state index in [1.807, 2.05) is 11.8 Å². The second-order valence-electron chi connectivity index (χ2n) is 7.01. The first-order chi connectivity index (χ1) is 8.14. The first-order valence-electron chi connectivity index (χ1n) is 6.64. The maximum absolute atomic E-state index is 6.56. The fourth-order valence-electron chi connectivity index (χ4n) is 3.27. The molecule has 0 aromatic heterocycles. The van der Waals surface area contributed by atoms with Gasteiger partial charge in [0.15, 0.2) is 0 Å². The predicted molar refractivity (Wildman–Crippen MR) is 77.7 cm³/mol. The van der Waals surface area contributed by atoms with E-state index in [1.54, 1.807) is 0 Å². The third-order valence-electron chi connectivity index (χ3n) is 5.06. The van der Waals surface area contributed by atoms with Gasteiger partial charge in [-0.1, -0.05) is 38.1 Å². The summed E-state index contributed by atoms with van der Waals surface area (Å²) in [7, 11) is 0. The maximum atomic E-state index is 6.56. The number of fused-ring (bicyclic) bond motifs is 2. The lowest BCUT2D eigenvalue weighted by molar-refractivity contribution is -0.152. The molecule has 0 bridgehead atoms. The first kappa shape index (κ1) is 12.6. The second-order valence-corrected chi connectivity index (χ2v) is 8.81. The van der Waals surface area contributed by atoms with Crippen molar-refractivity contribution in [3.8, 4) is 0 Å². The van der Waals surface area contributed by atoms with Crippen molar-refractivity contribution in [2.75, 3.05) is 0 Å². The smallest absolute Gasteiger partial charge is 0.147 e. The SMILES string of the molecule is CC1(C)OC2(SC(C)(C)C2(C)C)c2ccccc21. The molecular weight excluding hydrogens is 240 g/mol. The van der Waals surface area contributed by atoms with Crippen LogP contribution in [0.1, 0.15) is 52.7 Å². The van der Waals surface area contributed by atoms with Gasteiger partial charge in [-0.15, -0.1) is 11.8 Å². The molecule has 0 saturated carbocycles. The molecule has 2 aliphatic rings. The number of hydrogen-bond acceptors (Lipinski definition) is 2. The molecule has 98 valence electrons. The molecule has 1 aromatic rings. The normalized spacial score (nSPS) is 34.1. The molecule has 1 saturated heterocycles. The van der Waals surface area contributed by atoms with Crippen molar-refractivity contribution in [1.29, 1.82) is 0 Å². The third-order valence-corrected chi connectivity index (χ3v) is 7.18. The van der Waals surface area contributed by atoms with Crippen LogP contribution in [-0.4, -0.2) is 4.75 Å². The van der Waals surface area contributed by atoms with Gasteiger partial charge in [0, 0.05) is 15.7 Å². The van der Waals surface area contributed by atoms with Gasteiger partial charge >= 0.3 is 0 Å². The Labute approximate surface area is 114 Å². The number of rotatable bonds is 0. The lowest BCUT2D eigenvalue weighted by Gasteiger charge is -2.64. The monoisotopic (exact) mass is 262 g/mol. The molecule has 2 aliphatic heterocycles. The molecule has 1 atom stereocenters. The molecule has 18 heavy (non-hydrogen) atoms. The molecule has 0 N–H and O–H groups in total.